The van der Waals surface area contributed by atoms with E-state index in [9.17, 15) is 4.79 Å². The van der Waals surface area contributed by atoms with Gasteiger partial charge in [0.05, 0.1) is 6.54 Å². The molecule has 0 aliphatic carbocycles. The number of amides is 1. The highest BCUT2D eigenvalue weighted by atomic mass is 16.3. The lowest BCUT2D eigenvalue weighted by Gasteiger charge is -2.23. The summed E-state index contributed by atoms with van der Waals surface area (Å²) in [4.78, 5) is 16.2. The molecule has 4 heteroatoms. The standard InChI is InChI=1S/C18H26N2O2/c1-5-16-15(14-10-8-9-11-17(14)22-16)12-19(4)13-18(21)20(6-2)7-3/h8-11H,5-7,12-13H2,1-4H3. The molecule has 0 aliphatic heterocycles. The minimum absolute atomic E-state index is 0.179. The van der Waals surface area contributed by atoms with Gasteiger partial charge in [-0.05, 0) is 27.0 Å². The molecule has 22 heavy (non-hydrogen) atoms. The fourth-order valence-electron chi connectivity index (χ4n) is 2.84. The lowest BCUT2D eigenvalue weighted by atomic mass is 10.1. The molecule has 0 unspecified atom stereocenters. The molecule has 1 heterocycles. The molecule has 0 radical (unpaired) electrons. The SMILES string of the molecule is CCc1oc2ccccc2c1CN(C)CC(=O)N(CC)CC. The zero-order valence-corrected chi connectivity index (χ0v) is 14.1. The third kappa shape index (κ3) is 3.50. The molecule has 0 fully saturated rings. The molecule has 1 aromatic carbocycles. The molecule has 120 valence electrons. The molecule has 0 atom stereocenters. The van der Waals surface area contributed by atoms with Crippen molar-refractivity contribution in [1.82, 2.24) is 9.80 Å². The molecule has 1 aromatic heterocycles. The molecule has 2 aromatic rings. The van der Waals surface area contributed by atoms with E-state index in [4.69, 9.17) is 4.42 Å². The number of benzene rings is 1. The van der Waals surface area contributed by atoms with Gasteiger partial charge in [-0.3, -0.25) is 9.69 Å². The number of hydrogen-bond donors (Lipinski definition) is 0. The number of para-hydroxylation sites is 1. The Morgan fingerprint density at radius 3 is 2.45 bits per heavy atom. The van der Waals surface area contributed by atoms with E-state index in [-0.39, 0.29) is 5.91 Å². The topological polar surface area (TPSA) is 36.7 Å². The predicted octanol–water partition coefficient (Wildman–Crippen LogP) is 3.30. The molecule has 0 aliphatic rings. The first-order valence-electron chi connectivity index (χ1n) is 8.06. The van der Waals surface area contributed by atoms with Crippen LogP contribution >= 0.6 is 0 Å². The van der Waals surface area contributed by atoms with E-state index in [1.165, 1.54) is 5.56 Å². The quantitative estimate of drug-likeness (QED) is 0.787. The summed E-state index contributed by atoms with van der Waals surface area (Å²) in [6.07, 6.45) is 0.863. The molecule has 0 spiro atoms. The average molecular weight is 302 g/mol. The van der Waals surface area contributed by atoms with Crippen molar-refractivity contribution in [1.29, 1.82) is 0 Å². The van der Waals surface area contributed by atoms with Crippen LogP contribution in [0.1, 0.15) is 32.1 Å². The van der Waals surface area contributed by atoms with Crippen LogP contribution in [0.5, 0.6) is 0 Å². The first-order valence-corrected chi connectivity index (χ1v) is 8.06. The van der Waals surface area contributed by atoms with Crippen LogP contribution < -0.4 is 0 Å². The maximum Gasteiger partial charge on any atom is 0.236 e. The monoisotopic (exact) mass is 302 g/mol. The highest BCUT2D eigenvalue weighted by Crippen LogP contribution is 2.27. The van der Waals surface area contributed by atoms with Crippen molar-refractivity contribution >= 4 is 16.9 Å². The number of furan rings is 1. The van der Waals surface area contributed by atoms with Gasteiger partial charge in [-0.2, -0.15) is 0 Å². The molecule has 0 saturated carbocycles. The maximum absolute atomic E-state index is 12.2. The van der Waals surface area contributed by atoms with Crippen molar-refractivity contribution in [3.63, 3.8) is 0 Å². The number of likely N-dealkylation sites (N-methyl/N-ethyl adjacent to an activating group) is 2. The molecule has 1 amide bonds. The Morgan fingerprint density at radius 1 is 1.14 bits per heavy atom. The smallest absolute Gasteiger partial charge is 0.236 e. The zero-order valence-electron chi connectivity index (χ0n) is 14.1. The summed E-state index contributed by atoms with van der Waals surface area (Å²) in [6, 6.07) is 8.11. The summed E-state index contributed by atoms with van der Waals surface area (Å²) in [5.74, 6) is 1.20. The van der Waals surface area contributed by atoms with Gasteiger partial charge in [-0.25, -0.2) is 0 Å². The van der Waals surface area contributed by atoms with Crippen LogP contribution in [0, 0.1) is 0 Å². The Balaban J connectivity index is 2.14. The van der Waals surface area contributed by atoms with Crippen molar-refractivity contribution in [3.8, 4) is 0 Å². The summed E-state index contributed by atoms with van der Waals surface area (Å²) in [6.45, 7) is 8.82. The van der Waals surface area contributed by atoms with Crippen LogP contribution in [0.4, 0.5) is 0 Å². The first kappa shape index (κ1) is 16.6. The van der Waals surface area contributed by atoms with E-state index < -0.39 is 0 Å². The van der Waals surface area contributed by atoms with Gasteiger partial charge < -0.3 is 9.32 Å². The van der Waals surface area contributed by atoms with Crippen molar-refractivity contribution < 1.29 is 9.21 Å². The fraction of sp³-hybridized carbons (Fsp3) is 0.500. The van der Waals surface area contributed by atoms with E-state index >= 15 is 0 Å². The third-order valence-electron chi connectivity index (χ3n) is 4.05. The number of hydrogen-bond acceptors (Lipinski definition) is 3. The third-order valence-corrected chi connectivity index (χ3v) is 4.05. The second kappa shape index (κ2) is 7.45. The number of carbonyl (C=O) groups excluding carboxylic acids is 1. The normalized spacial score (nSPS) is 11.3. The Hall–Kier alpha value is -1.81. The minimum Gasteiger partial charge on any atom is -0.461 e. The Morgan fingerprint density at radius 2 is 1.82 bits per heavy atom. The summed E-state index contributed by atoms with van der Waals surface area (Å²) < 4.78 is 5.92. The minimum atomic E-state index is 0.179. The van der Waals surface area contributed by atoms with Gasteiger partial charge >= 0.3 is 0 Å². The summed E-state index contributed by atoms with van der Waals surface area (Å²) in [5.41, 5.74) is 2.13. The van der Waals surface area contributed by atoms with Crippen molar-refractivity contribution in [2.24, 2.45) is 0 Å². The van der Waals surface area contributed by atoms with Gasteiger partial charge in [0.25, 0.3) is 0 Å². The molecule has 4 nitrogen and oxygen atoms in total. The zero-order chi connectivity index (χ0) is 16.1. The van der Waals surface area contributed by atoms with Crippen molar-refractivity contribution in [2.75, 3.05) is 26.7 Å². The predicted molar refractivity (Wildman–Crippen MR) is 89.9 cm³/mol. The van der Waals surface area contributed by atoms with Crippen molar-refractivity contribution in [3.05, 3.63) is 35.6 Å². The van der Waals surface area contributed by atoms with Gasteiger partial charge in [-0.15, -0.1) is 0 Å². The number of rotatable bonds is 7. The van der Waals surface area contributed by atoms with Crippen molar-refractivity contribution in [2.45, 2.75) is 33.7 Å². The van der Waals surface area contributed by atoms with Crippen LogP contribution in [-0.4, -0.2) is 42.4 Å². The van der Waals surface area contributed by atoms with Gasteiger partial charge in [0, 0.05) is 37.0 Å². The first-order chi connectivity index (χ1) is 10.6. The van der Waals surface area contributed by atoms with E-state index in [1.54, 1.807) is 0 Å². The van der Waals surface area contributed by atoms with Crippen LogP contribution in [0.25, 0.3) is 11.0 Å². The largest absolute Gasteiger partial charge is 0.461 e. The Kier molecular flexibility index (Phi) is 5.61. The van der Waals surface area contributed by atoms with Gasteiger partial charge in [0.2, 0.25) is 5.91 Å². The van der Waals surface area contributed by atoms with E-state index in [2.05, 4.69) is 17.9 Å². The number of aryl methyl sites for hydroxylation is 1. The Bertz CT molecular complexity index is 629. The molecule has 0 N–H and O–H groups in total. The molecule has 0 saturated heterocycles. The van der Waals surface area contributed by atoms with Gasteiger partial charge in [-0.1, -0.05) is 25.1 Å². The molecule has 0 bridgehead atoms. The second-order valence-electron chi connectivity index (χ2n) is 5.59. The van der Waals surface area contributed by atoms with Crippen LogP contribution in [0.15, 0.2) is 28.7 Å². The maximum atomic E-state index is 12.2. The number of carbonyl (C=O) groups is 1. The summed E-state index contributed by atoms with van der Waals surface area (Å²) in [5, 5.41) is 1.15. The van der Waals surface area contributed by atoms with E-state index in [0.29, 0.717) is 6.54 Å². The fourth-order valence-corrected chi connectivity index (χ4v) is 2.84. The molecule has 2 rings (SSSR count). The van der Waals surface area contributed by atoms with Crippen LogP contribution in [0.3, 0.4) is 0 Å². The lowest BCUT2D eigenvalue weighted by molar-refractivity contribution is -0.131. The van der Waals surface area contributed by atoms with Crippen LogP contribution in [-0.2, 0) is 17.8 Å². The Labute approximate surface area is 132 Å². The van der Waals surface area contributed by atoms with Gasteiger partial charge in [0.1, 0.15) is 11.3 Å². The highest BCUT2D eigenvalue weighted by molar-refractivity contribution is 5.82. The van der Waals surface area contributed by atoms with Crippen LogP contribution in [0.2, 0.25) is 0 Å². The summed E-state index contributed by atoms with van der Waals surface area (Å²) >= 11 is 0. The van der Waals surface area contributed by atoms with E-state index in [0.717, 1.165) is 42.8 Å². The van der Waals surface area contributed by atoms with E-state index in [1.807, 2.05) is 44.0 Å². The summed E-state index contributed by atoms with van der Waals surface area (Å²) in [7, 11) is 1.99. The number of fused-ring (bicyclic) bond motifs is 1. The highest BCUT2D eigenvalue weighted by Gasteiger charge is 2.17. The molecular formula is C18H26N2O2. The second-order valence-corrected chi connectivity index (χ2v) is 5.59. The lowest BCUT2D eigenvalue weighted by Crippen LogP contribution is -2.38. The van der Waals surface area contributed by atoms with Gasteiger partial charge in [0.15, 0.2) is 0 Å². The average Bonchev–Trinajstić information content (AvgIpc) is 2.86. The number of nitrogens with zero attached hydrogens (tertiary/aromatic N) is 2. The molecular weight excluding hydrogens is 276 g/mol.